The van der Waals surface area contributed by atoms with Gasteiger partial charge in [-0.25, -0.2) is 13.1 Å². The third kappa shape index (κ3) is 4.19. The fourth-order valence-electron chi connectivity index (χ4n) is 2.27. The van der Waals surface area contributed by atoms with Crippen LogP contribution >= 0.6 is 0 Å². The molecule has 1 aromatic rings. The molecule has 0 saturated heterocycles. The Morgan fingerprint density at radius 1 is 1.30 bits per heavy atom. The van der Waals surface area contributed by atoms with E-state index in [4.69, 9.17) is 5.73 Å². The van der Waals surface area contributed by atoms with E-state index >= 15 is 0 Å². The molecule has 0 fully saturated rings. The van der Waals surface area contributed by atoms with E-state index in [0.29, 0.717) is 12.1 Å². The van der Waals surface area contributed by atoms with Gasteiger partial charge in [-0.05, 0) is 38.6 Å². The van der Waals surface area contributed by atoms with Gasteiger partial charge in [-0.3, -0.25) is 0 Å². The Morgan fingerprint density at radius 3 is 2.40 bits per heavy atom. The summed E-state index contributed by atoms with van der Waals surface area (Å²) in [4.78, 5) is 2.36. The van der Waals surface area contributed by atoms with Gasteiger partial charge in [-0.15, -0.1) is 0 Å². The standard InChI is InChI=1S/C14H25N3O2S/c1-5-17(6-2)10-12(4)16-20(18,19)14-11(3)8-7-9-13(14)15/h7-9,12,16H,5-6,10,15H2,1-4H3. The molecular formula is C14H25N3O2S. The number of hydrogen-bond donors (Lipinski definition) is 2. The summed E-state index contributed by atoms with van der Waals surface area (Å²) in [7, 11) is -3.58. The first-order valence-electron chi connectivity index (χ1n) is 6.91. The second-order valence-electron chi connectivity index (χ2n) is 5.00. The molecule has 20 heavy (non-hydrogen) atoms. The molecule has 0 bridgehead atoms. The number of rotatable bonds is 7. The van der Waals surface area contributed by atoms with E-state index < -0.39 is 10.0 Å². The van der Waals surface area contributed by atoms with Crippen molar-refractivity contribution in [2.75, 3.05) is 25.4 Å². The highest BCUT2D eigenvalue weighted by molar-refractivity contribution is 7.89. The number of hydrogen-bond acceptors (Lipinski definition) is 4. The van der Waals surface area contributed by atoms with E-state index in [1.165, 1.54) is 0 Å². The number of nitrogens with zero attached hydrogens (tertiary/aromatic N) is 1. The fraction of sp³-hybridized carbons (Fsp3) is 0.571. The minimum absolute atomic E-state index is 0.168. The minimum atomic E-state index is -3.58. The minimum Gasteiger partial charge on any atom is -0.398 e. The lowest BCUT2D eigenvalue weighted by Crippen LogP contribution is -2.42. The molecular weight excluding hydrogens is 274 g/mol. The van der Waals surface area contributed by atoms with E-state index in [1.807, 2.05) is 6.92 Å². The molecule has 0 amide bonds. The molecule has 0 radical (unpaired) electrons. The Labute approximate surface area is 122 Å². The lowest BCUT2D eigenvalue weighted by Gasteiger charge is -2.23. The molecule has 3 N–H and O–H groups in total. The van der Waals surface area contributed by atoms with Gasteiger partial charge in [0, 0.05) is 12.6 Å². The third-order valence-electron chi connectivity index (χ3n) is 3.29. The summed E-state index contributed by atoms with van der Waals surface area (Å²) < 4.78 is 27.6. The van der Waals surface area contributed by atoms with Crippen molar-refractivity contribution in [3.63, 3.8) is 0 Å². The van der Waals surface area contributed by atoms with E-state index in [2.05, 4.69) is 23.5 Å². The first kappa shape index (κ1) is 16.9. The first-order chi connectivity index (χ1) is 9.31. The van der Waals surface area contributed by atoms with Crippen molar-refractivity contribution in [1.29, 1.82) is 0 Å². The molecule has 1 rings (SSSR count). The summed E-state index contributed by atoms with van der Waals surface area (Å²) in [5.41, 5.74) is 6.75. The summed E-state index contributed by atoms with van der Waals surface area (Å²) in [6.07, 6.45) is 0. The molecule has 0 aromatic heterocycles. The molecule has 0 spiro atoms. The molecule has 1 atom stereocenters. The number of benzene rings is 1. The maximum absolute atomic E-state index is 12.4. The van der Waals surface area contributed by atoms with Crippen LogP contribution in [-0.2, 0) is 10.0 Å². The number of sulfonamides is 1. The van der Waals surface area contributed by atoms with Gasteiger partial charge in [0.1, 0.15) is 4.90 Å². The molecule has 1 unspecified atom stereocenters. The highest BCUT2D eigenvalue weighted by Gasteiger charge is 2.22. The summed E-state index contributed by atoms with van der Waals surface area (Å²) in [5, 5.41) is 0. The molecule has 6 heteroatoms. The molecule has 0 heterocycles. The van der Waals surface area contributed by atoms with Gasteiger partial charge >= 0.3 is 0 Å². The normalized spacial score (nSPS) is 13.7. The quantitative estimate of drug-likeness (QED) is 0.750. The average Bonchev–Trinajstić information content (AvgIpc) is 2.34. The Balaban J connectivity index is 2.90. The second-order valence-corrected chi connectivity index (χ2v) is 6.65. The van der Waals surface area contributed by atoms with Crippen molar-refractivity contribution >= 4 is 15.7 Å². The highest BCUT2D eigenvalue weighted by atomic mass is 32.2. The van der Waals surface area contributed by atoms with Gasteiger partial charge in [-0.1, -0.05) is 26.0 Å². The van der Waals surface area contributed by atoms with Crippen molar-refractivity contribution in [3.8, 4) is 0 Å². The van der Waals surface area contributed by atoms with Crippen LogP contribution < -0.4 is 10.5 Å². The van der Waals surface area contributed by atoms with Crippen LogP contribution in [0, 0.1) is 6.92 Å². The van der Waals surface area contributed by atoms with Crippen molar-refractivity contribution in [2.24, 2.45) is 0 Å². The summed E-state index contributed by atoms with van der Waals surface area (Å²) >= 11 is 0. The second kappa shape index (κ2) is 7.06. The number of nitrogens with one attached hydrogen (secondary N) is 1. The van der Waals surface area contributed by atoms with Crippen molar-refractivity contribution in [1.82, 2.24) is 9.62 Å². The third-order valence-corrected chi connectivity index (χ3v) is 5.10. The lowest BCUT2D eigenvalue weighted by atomic mass is 10.2. The summed E-state index contributed by atoms with van der Waals surface area (Å²) in [5.74, 6) is 0. The van der Waals surface area contributed by atoms with Crippen LogP contribution in [0.5, 0.6) is 0 Å². The maximum Gasteiger partial charge on any atom is 0.243 e. The number of aryl methyl sites for hydroxylation is 1. The zero-order valence-corrected chi connectivity index (χ0v) is 13.5. The van der Waals surface area contributed by atoms with Gasteiger partial charge in [0.2, 0.25) is 10.0 Å². The Hall–Kier alpha value is -1.11. The average molecular weight is 299 g/mol. The smallest absolute Gasteiger partial charge is 0.243 e. The van der Waals surface area contributed by atoms with Crippen molar-refractivity contribution in [2.45, 2.75) is 38.6 Å². The predicted octanol–water partition coefficient (Wildman–Crippen LogP) is 1.59. The number of nitrogen functional groups attached to an aromatic ring is 1. The summed E-state index contributed by atoms with van der Waals surface area (Å²) in [6, 6.07) is 4.94. The fourth-order valence-corrected chi connectivity index (χ4v) is 3.86. The summed E-state index contributed by atoms with van der Waals surface area (Å²) in [6.45, 7) is 10.2. The zero-order chi connectivity index (χ0) is 15.3. The van der Waals surface area contributed by atoms with Crippen LogP contribution in [-0.4, -0.2) is 39.0 Å². The van der Waals surface area contributed by atoms with Crippen LogP contribution in [0.2, 0.25) is 0 Å². The monoisotopic (exact) mass is 299 g/mol. The van der Waals surface area contributed by atoms with Gasteiger partial charge in [0.15, 0.2) is 0 Å². The zero-order valence-electron chi connectivity index (χ0n) is 12.7. The molecule has 1 aromatic carbocycles. The van der Waals surface area contributed by atoms with Gasteiger partial charge in [0.25, 0.3) is 0 Å². The van der Waals surface area contributed by atoms with Crippen LogP contribution in [0.3, 0.4) is 0 Å². The largest absolute Gasteiger partial charge is 0.398 e. The van der Waals surface area contributed by atoms with E-state index in [1.54, 1.807) is 25.1 Å². The first-order valence-corrected chi connectivity index (χ1v) is 8.39. The van der Waals surface area contributed by atoms with Crippen LogP contribution in [0.4, 0.5) is 5.69 Å². The van der Waals surface area contributed by atoms with Crippen molar-refractivity contribution in [3.05, 3.63) is 23.8 Å². The maximum atomic E-state index is 12.4. The van der Waals surface area contributed by atoms with E-state index in [-0.39, 0.29) is 16.6 Å². The molecule has 0 aliphatic heterocycles. The Bertz CT molecular complexity index is 519. The predicted molar refractivity (Wildman–Crippen MR) is 83.2 cm³/mol. The number of nitrogens with two attached hydrogens (primary N) is 1. The lowest BCUT2D eigenvalue weighted by molar-refractivity contribution is 0.282. The molecule has 0 aliphatic rings. The van der Waals surface area contributed by atoms with Gasteiger partial charge in [-0.2, -0.15) is 0 Å². The molecule has 0 aliphatic carbocycles. The van der Waals surface area contributed by atoms with E-state index in [0.717, 1.165) is 13.1 Å². The van der Waals surface area contributed by atoms with Crippen LogP contribution in [0.1, 0.15) is 26.3 Å². The van der Waals surface area contributed by atoms with Gasteiger partial charge < -0.3 is 10.6 Å². The Morgan fingerprint density at radius 2 is 1.90 bits per heavy atom. The van der Waals surface area contributed by atoms with Crippen LogP contribution in [0.25, 0.3) is 0 Å². The molecule has 114 valence electrons. The van der Waals surface area contributed by atoms with Crippen molar-refractivity contribution < 1.29 is 8.42 Å². The topological polar surface area (TPSA) is 75.4 Å². The SMILES string of the molecule is CCN(CC)CC(C)NS(=O)(=O)c1c(C)cccc1N. The van der Waals surface area contributed by atoms with Gasteiger partial charge in [0.05, 0.1) is 5.69 Å². The molecule has 0 saturated carbocycles. The highest BCUT2D eigenvalue weighted by Crippen LogP contribution is 2.22. The van der Waals surface area contributed by atoms with Crippen LogP contribution in [0.15, 0.2) is 23.1 Å². The molecule has 5 nitrogen and oxygen atoms in total. The Kier molecular flexibility index (Phi) is 5.98. The number of anilines is 1. The van der Waals surface area contributed by atoms with E-state index in [9.17, 15) is 8.42 Å². The number of likely N-dealkylation sites (N-methyl/N-ethyl adjacent to an activating group) is 1.